The van der Waals surface area contributed by atoms with Crippen molar-refractivity contribution in [1.29, 1.82) is 0 Å². The number of nitrogens with one attached hydrogen (secondary N) is 1. The second-order valence-electron chi connectivity index (χ2n) is 8.28. The fraction of sp³-hybridized carbons (Fsp3) is 0.280. The van der Waals surface area contributed by atoms with Crippen molar-refractivity contribution < 1.29 is 37.3 Å². The quantitative estimate of drug-likeness (QED) is 0.514. The molecule has 2 aromatic rings. The first-order valence-corrected chi connectivity index (χ1v) is 12.5. The maximum Gasteiger partial charge on any atom is 0.345 e. The van der Waals surface area contributed by atoms with Crippen LogP contribution in [0.15, 0.2) is 66.4 Å². The third kappa shape index (κ3) is 4.67. The number of amides is 1. The van der Waals surface area contributed by atoms with E-state index in [1.54, 1.807) is 6.08 Å². The number of carbonyl (C=O) groups excluding carboxylic acids is 2. The van der Waals surface area contributed by atoms with Crippen LogP contribution in [-0.4, -0.2) is 62.6 Å². The molecule has 0 radical (unpaired) electrons. The van der Waals surface area contributed by atoms with E-state index >= 15 is 0 Å². The highest BCUT2D eigenvalue weighted by Gasteiger charge is 2.53. The molecule has 11 heteroatoms. The van der Waals surface area contributed by atoms with Crippen LogP contribution in [0, 0.1) is 0 Å². The van der Waals surface area contributed by atoms with Crippen LogP contribution in [0.5, 0.6) is 11.5 Å². The minimum Gasteiger partial charge on any atom is -0.507 e. The van der Waals surface area contributed by atoms with Gasteiger partial charge in [0, 0.05) is 6.42 Å². The zero-order chi connectivity index (χ0) is 25.9. The Labute approximate surface area is 209 Å². The van der Waals surface area contributed by atoms with Gasteiger partial charge in [0.15, 0.2) is 0 Å². The molecule has 2 aromatic carbocycles. The average Bonchev–Trinajstić information content (AvgIpc) is 3.16. The highest BCUT2D eigenvalue weighted by Crippen LogP contribution is 2.44. The summed E-state index contributed by atoms with van der Waals surface area (Å²) in [5.41, 5.74) is 0.301. The minimum absolute atomic E-state index is 0.0707. The predicted octanol–water partition coefficient (Wildman–Crippen LogP) is 2.38. The summed E-state index contributed by atoms with van der Waals surface area (Å²) in [6.07, 6.45) is 3.83. The Morgan fingerprint density at radius 2 is 1.86 bits per heavy atom. The molecule has 4 rings (SSSR count). The predicted molar refractivity (Wildman–Crippen MR) is 130 cm³/mol. The fourth-order valence-corrected chi connectivity index (χ4v) is 6.01. The van der Waals surface area contributed by atoms with E-state index in [-0.39, 0.29) is 43.1 Å². The normalized spacial score (nSPS) is 21.2. The van der Waals surface area contributed by atoms with E-state index in [9.17, 15) is 23.1 Å². The number of hydrogen-bond acceptors (Lipinski definition) is 8. The molecule has 0 aromatic heterocycles. The van der Waals surface area contributed by atoms with E-state index in [0.29, 0.717) is 5.76 Å². The lowest BCUT2D eigenvalue weighted by atomic mass is 9.79. The van der Waals surface area contributed by atoms with Crippen LogP contribution in [-0.2, 0) is 24.5 Å². The van der Waals surface area contributed by atoms with Gasteiger partial charge in [0.2, 0.25) is 5.91 Å². The third-order valence-corrected chi connectivity index (χ3v) is 7.75. The smallest absolute Gasteiger partial charge is 0.345 e. The summed E-state index contributed by atoms with van der Waals surface area (Å²) < 4.78 is 45.4. The lowest BCUT2D eigenvalue weighted by molar-refractivity contribution is -0.118. The number of methoxy groups -OCH3 is 2. The maximum atomic E-state index is 13.0. The van der Waals surface area contributed by atoms with Crippen LogP contribution in [0.4, 0.5) is 0 Å². The van der Waals surface area contributed by atoms with Crippen molar-refractivity contribution in [3.05, 3.63) is 77.6 Å². The van der Waals surface area contributed by atoms with E-state index in [1.165, 1.54) is 32.4 Å². The van der Waals surface area contributed by atoms with Gasteiger partial charge >= 0.3 is 16.2 Å². The lowest BCUT2D eigenvalue weighted by Gasteiger charge is -2.42. The molecule has 10 nitrogen and oxygen atoms in total. The van der Waals surface area contributed by atoms with Gasteiger partial charge in [0.05, 0.1) is 27.4 Å². The molecular weight excluding hydrogens is 488 g/mol. The summed E-state index contributed by atoms with van der Waals surface area (Å²) in [7, 11) is -1.53. The summed E-state index contributed by atoms with van der Waals surface area (Å²) in [6.45, 7) is -0.457. The van der Waals surface area contributed by atoms with Crippen LogP contribution in [0.2, 0.25) is 0 Å². The summed E-state index contributed by atoms with van der Waals surface area (Å²) in [5.74, 6) is -1.32. The molecule has 190 valence electrons. The Balaban J connectivity index is 1.71. The molecule has 1 atom stereocenters. The van der Waals surface area contributed by atoms with Crippen LogP contribution in [0.25, 0.3) is 5.57 Å². The summed E-state index contributed by atoms with van der Waals surface area (Å²) in [6, 6.07) is 13.8. The summed E-state index contributed by atoms with van der Waals surface area (Å²) >= 11 is 0. The van der Waals surface area contributed by atoms with Gasteiger partial charge in [-0.05, 0) is 35.8 Å². The molecule has 1 unspecified atom stereocenters. The van der Waals surface area contributed by atoms with Crippen LogP contribution in [0.3, 0.4) is 0 Å². The van der Waals surface area contributed by atoms with Gasteiger partial charge in [-0.25, -0.2) is 9.52 Å². The van der Waals surface area contributed by atoms with Crippen LogP contribution in [0.1, 0.15) is 28.8 Å². The van der Waals surface area contributed by atoms with Gasteiger partial charge in [-0.2, -0.15) is 12.7 Å². The molecule has 1 fully saturated rings. The Morgan fingerprint density at radius 1 is 1.11 bits per heavy atom. The van der Waals surface area contributed by atoms with E-state index in [2.05, 4.69) is 0 Å². The van der Waals surface area contributed by atoms with Crippen molar-refractivity contribution in [2.24, 2.45) is 0 Å². The molecule has 2 N–H and O–H groups in total. The Bertz CT molecular complexity index is 1340. The number of phenols is 1. The number of nitrogens with zero attached hydrogens (tertiary/aromatic N) is 1. The molecule has 1 heterocycles. The highest BCUT2D eigenvalue weighted by atomic mass is 32.2. The van der Waals surface area contributed by atoms with Gasteiger partial charge in [0.25, 0.3) is 0 Å². The largest absolute Gasteiger partial charge is 0.507 e. The second-order valence-corrected chi connectivity index (χ2v) is 9.87. The zero-order valence-electron chi connectivity index (χ0n) is 19.8. The molecule has 0 bridgehead atoms. The number of hydrogen-bond donors (Lipinski definition) is 2. The molecule has 0 saturated carbocycles. The van der Waals surface area contributed by atoms with Crippen molar-refractivity contribution in [1.82, 2.24) is 9.03 Å². The van der Waals surface area contributed by atoms with Crippen molar-refractivity contribution in [2.45, 2.75) is 18.4 Å². The number of ether oxygens (including phenoxy) is 3. The molecule has 2 aliphatic rings. The summed E-state index contributed by atoms with van der Waals surface area (Å²) in [5, 5.41) is 10.2. The van der Waals surface area contributed by atoms with Crippen molar-refractivity contribution in [3.8, 4) is 11.5 Å². The second kappa shape index (κ2) is 10.0. The number of aromatic hydroxyl groups is 1. The van der Waals surface area contributed by atoms with Gasteiger partial charge < -0.3 is 19.3 Å². The third-order valence-electron chi connectivity index (χ3n) is 6.21. The number of esters is 1. The average molecular weight is 515 g/mol. The monoisotopic (exact) mass is 514 g/mol. The number of rotatable bonds is 8. The first-order chi connectivity index (χ1) is 17.2. The SMILES string of the molecule is COC(=O)c1c(O)cccc1OCCC1(N2CC(=O)NS2(=O)=O)CC(c2ccccc2)=CC=C1OC. The van der Waals surface area contributed by atoms with E-state index in [4.69, 9.17) is 14.2 Å². The van der Waals surface area contributed by atoms with Gasteiger partial charge in [0.1, 0.15) is 28.4 Å². The number of phenolic OH excluding ortho intramolecular Hbond substituents is 1. The van der Waals surface area contributed by atoms with Crippen LogP contribution < -0.4 is 9.46 Å². The first-order valence-electron chi connectivity index (χ1n) is 11.1. The Hall–Kier alpha value is -3.83. The Kier molecular flexibility index (Phi) is 7.04. The number of allylic oxidation sites excluding steroid dienone is 2. The standard InChI is InChI=1S/C25H26N2O8S/c1-33-21-12-11-18(17-7-4-3-5-8-17)15-25(21,27-16-22(29)26-36(27,31)32)13-14-35-20-10-6-9-19(28)23(20)24(30)34-2/h3-12,28H,13-16H2,1-2H3,(H,26,29). The highest BCUT2D eigenvalue weighted by molar-refractivity contribution is 7.88. The molecule has 0 spiro atoms. The zero-order valence-corrected chi connectivity index (χ0v) is 20.6. The van der Waals surface area contributed by atoms with Crippen molar-refractivity contribution in [2.75, 3.05) is 27.4 Å². The maximum absolute atomic E-state index is 13.0. The molecule has 1 saturated heterocycles. The van der Waals surface area contributed by atoms with Gasteiger partial charge in [-0.3, -0.25) is 4.79 Å². The topological polar surface area (TPSA) is 131 Å². The van der Waals surface area contributed by atoms with E-state index in [1.807, 2.05) is 41.1 Å². The van der Waals surface area contributed by atoms with E-state index in [0.717, 1.165) is 15.4 Å². The molecule has 36 heavy (non-hydrogen) atoms. The van der Waals surface area contributed by atoms with Crippen molar-refractivity contribution >= 4 is 27.7 Å². The van der Waals surface area contributed by atoms with Crippen molar-refractivity contribution in [3.63, 3.8) is 0 Å². The lowest BCUT2D eigenvalue weighted by Crippen LogP contribution is -2.54. The van der Waals surface area contributed by atoms with E-state index < -0.39 is 27.6 Å². The number of carbonyl (C=O) groups is 2. The number of benzene rings is 2. The molecule has 1 amide bonds. The molecular formula is C25H26N2O8S. The first kappa shape index (κ1) is 25.3. The van der Waals surface area contributed by atoms with Gasteiger partial charge in [-0.1, -0.05) is 42.5 Å². The Morgan fingerprint density at radius 3 is 2.50 bits per heavy atom. The summed E-state index contributed by atoms with van der Waals surface area (Å²) in [4.78, 5) is 24.3. The van der Waals surface area contributed by atoms with Crippen LogP contribution >= 0.6 is 0 Å². The minimum atomic E-state index is -4.15. The molecule has 1 aliphatic heterocycles. The fourth-order valence-electron chi connectivity index (χ4n) is 4.55. The van der Waals surface area contributed by atoms with Gasteiger partial charge in [-0.15, -0.1) is 0 Å². The molecule has 1 aliphatic carbocycles.